The van der Waals surface area contributed by atoms with Crippen LogP contribution in [0.2, 0.25) is 0 Å². The molecule has 4 rings (SSSR count). The third-order valence-electron chi connectivity index (χ3n) is 6.06. The molecule has 0 aliphatic carbocycles. The average molecular weight is 448 g/mol. The fraction of sp³-hybridized carbons (Fsp3) is 0.600. The van der Waals surface area contributed by atoms with Crippen LogP contribution in [-0.4, -0.2) is 67.0 Å². The molecule has 162 valence electrons. The Labute approximate surface area is 183 Å². The molecular weight excluding hydrogens is 420 g/mol. The van der Waals surface area contributed by atoms with Gasteiger partial charge in [0, 0.05) is 38.2 Å². The van der Waals surface area contributed by atoms with E-state index in [2.05, 4.69) is 10.2 Å². The summed E-state index contributed by atoms with van der Waals surface area (Å²) < 4.78 is 19.5. The molecule has 1 N–H and O–H groups in total. The first-order valence-electron chi connectivity index (χ1n) is 9.71. The van der Waals surface area contributed by atoms with E-state index in [1.165, 1.54) is 6.07 Å². The van der Waals surface area contributed by atoms with E-state index in [1.54, 1.807) is 23.1 Å². The van der Waals surface area contributed by atoms with Crippen molar-refractivity contribution in [2.45, 2.75) is 31.9 Å². The van der Waals surface area contributed by atoms with Crippen molar-refractivity contribution >= 4 is 36.7 Å². The monoisotopic (exact) mass is 447 g/mol. The van der Waals surface area contributed by atoms with Crippen molar-refractivity contribution in [1.82, 2.24) is 15.1 Å². The van der Waals surface area contributed by atoms with E-state index in [9.17, 15) is 14.0 Å². The molecule has 1 aromatic rings. The number of rotatable bonds is 4. The highest BCUT2D eigenvalue weighted by atomic mass is 35.5. The first-order valence-corrected chi connectivity index (χ1v) is 9.71. The highest BCUT2D eigenvalue weighted by Gasteiger charge is 2.49. The number of piperazine rings is 1. The summed E-state index contributed by atoms with van der Waals surface area (Å²) >= 11 is 0. The fourth-order valence-electron chi connectivity index (χ4n) is 4.45. The summed E-state index contributed by atoms with van der Waals surface area (Å²) in [6.07, 6.45) is 2.27. The molecule has 1 aromatic carbocycles. The van der Waals surface area contributed by atoms with Crippen LogP contribution < -0.4 is 5.32 Å². The maximum Gasteiger partial charge on any atom is 0.312 e. The van der Waals surface area contributed by atoms with Crippen LogP contribution >= 0.6 is 24.8 Å². The minimum atomic E-state index is -0.327. The molecule has 9 heteroatoms. The van der Waals surface area contributed by atoms with Gasteiger partial charge in [0.2, 0.25) is 5.91 Å². The van der Waals surface area contributed by atoms with Crippen LogP contribution in [0.4, 0.5) is 4.39 Å². The standard InChI is InChI=1S/C20H26FN3O3.2ClH/c21-17-4-2-1-3-15(17)12-24-10-9-23(14-18(24)25)13-16-11-20(19(26)27-16)5-7-22-8-6-20;;/h1-4,16,22H,5-14H2;2*1H. The molecule has 3 saturated heterocycles. The van der Waals surface area contributed by atoms with Gasteiger partial charge < -0.3 is 15.0 Å². The minimum Gasteiger partial charge on any atom is -0.461 e. The highest BCUT2D eigenvalue weighted by molar-refractivity contribution is 5.85. The van der Waals surface area contributed by atoms with Crippen molar-refractivity contribution in [3.05, 3.63) is 35.6 Å². The number of nitrogens with zero attached hydrogens (tertiary/aromatic N) is 2. The maximum atomic E-state index is 13.8. The summed E-state index contributed by atoms with van der Waals surface area (Å²) in [5.74, 6) is -0.359. The molecule has 3 heterocycles. The van der Waals surface area contributed by atoms with E-state index in [1.807, 2.05) is 0 Å². The molecule has 3 fully saturated rings. The lowest BCUT2D eigenvalue weighted by atomic mass is 9.76. The van der Waals surface area contributed by atoms with Crippen molar-refractivity contribution in [3.8, 4) is 0 Å². The Balaban J connectivity index is 0.00000150. The zero-order valence-electron chi connectivity index (χ0n) is 16.3. The van der Waals surface area contributed by atoms with Crippen LogP contribution in [0.1, 0.15) is 24.8 Å². The number of halogens is 3. The molecule has 0 saturated carbocycles. The molecule has 29 heavy (non-hydrogen) atoms. The van der Waals surface area contributed by atoms with Crippen LogP contribution in [0, 0.1) is 11.2 Å². The molecule has 1 spiro atoms. The van der Waals surface area contributed by atoms with Gasteiger partial charge in [-0.25, -0.2) is 4.39 Å². The Kier molecular flexibility index (Phi) is 8.28. The molecule has 3 aliphatic heterocycles. The average Bonchev–Trinajstić information content (AvgIpc) is 2.94. The number of hydrogen-bond donors (Lipinski definition) is 1. The van der Waals surface area contributed by atoms with Crippen molar-refractivity contribution < 1.29 is 18.7 Å². The van der Waals surface area contributed by atoms with Gasteiger partial charge in [-0.2, -0.15) is 0 Å². The Morgan fingerprint density at radius 2 is 1.86 bits per heavy atom. The number of cyclic esters (lactones) is 1. The number of carbonyl (C=O) groups is 2. The number of amides is 1. The van der Waals surface area contributed by atoms with E-state index in [0.29, 0.717) is 31.7 Å². The van der Waals surface area contributed by atoms with E-state index >= 15 is 0 Å². The van der Waals surface area contributed by atoms with Gasteiger partial charge in [0.25, 0.3) is 0 Å². The van der Waals surface area contributed by atoms with Crippen molar-refractivity contribution in [3.63, 3.8) is 0 Å². The van der Waals surface area contributed by atoms with Crippen molar-refractivity contribution in [2.24, 2.45) is 5.41 Å². The third-order valence-corrected chi connectivity index (χ3v) is 6.06. The smallest absolute Gasteiger partial charge is 0.312 e. The SMILES string of the molecule is Cl.Cl.O=C1CN(CC2CC3(CCNCC3)C(=O)O2)CCN1Cc1ccccc1F. The second-order valence-corrected chi connectivity index (χ2v) is 7.90. The molecule has 0 aromatic heterocycles. The predicted molar refractivity (Wildman–Crippen MR) is 112 cm³/mol. The lowest BCUT2D eigenvalue weighted by molar-refractivity contribution is -0.150. The van der Waals surface area contributed by atoms with Crippen LogP contribution in [0.5, 0.6) is 0 Å². The van der Waals surface area contributed by atoms with Gasteiger partial charge in [-0.1, -0.05) is 18.2 Å². The second-order valence-electron chi connectivity index (χ2n) is 7.90. The van der Waals surface area contributed by atoms with Crippen molar-refractivity contribution in [1.29, 1.82) is 0 Å². The molecule has 3 aliphatic rings. The van der Waals surface area contributed by atoms with Crippen LogP contribution in [-0.2, 0) is 20.9 Å². The normalized spacial score (nSPS) is 24.0. The summed E-state index contributed by atoms with van der Waals surface area (Å²) in [5, 5.41) is 3.29. The van der Waals surface area contributed by atoms with Gasteiger partial charge in [0.1, 0.15) is 11.9 Å². The lowest BCUT2D eigenvalue weighted by Gasteiger charge is -2.35. The fourth-order valence-corrected chi connectivity index (χ4v) is 4.45. The molecule has 1 atom stereocenters. The Bertz CT molecular complexity index is 731. The summed E-state index contributed by atoms with van der Waals surface area (Å²) in [6, 6.07) is 6.56. The number of carbonyl (C=O) groups excluding carboxylic acids is 2. The van der Waals surface area contributed by atoms with E-state index in [-0.39, 0.29) is 60.6 Å². The maximum absolute atomic E-state index is 13.8. The van der Waals surface area contributed by atoms with Gasteiger partial charge in [-0.15, -0.1) is 24.8 Å². The largest absolute Gasteiger partial charge is 0.461 e. The van der Waals surface area contributed by atoms with Crippen LogP contribution in [0.3, 0.4) is 0 Å². The number of esters is 1. The molecule has 0 radical (unpaired) electrons. The zero-order chi connectivity index (χ0) is 18.9. The molecule has 1 amide bonds. The summed E-state index contributed by atoms with van der Waals surface area (Å²) in [4.78, 5) is 28.6. The Morgan fingerprint density at radius 3 is 2.55 bits per heavy atom. The lowest BCUT2D eigenvalue weighted by Crippen LogP contribution is -2.51. The van der Waals surface area contributed by atoms with Gasteiger partial charge in [0.05, 0.1) is 12.0 Å². The quantitative estimate of drug-likeness (QED) is 0.715. The first kappa shape index (κ1) is 23.9. The molecule has 0 bridgehead atoms. The molecule has 1 unspecified atom stereocenters. The van der Waals surface area contributed by atoms with Gasteiger partial charge in [0.15, 0.2) is 0 Å². The number of ether oxygens (including phenoxy) is 1. The van der Waals surface area contributed by atoms with E-state index in [4.69, 9.17) is 4.74 Å². The second kappa shape index (κ2) is 10.1. The van der Waals surface area contributed by atoms with Crippen LogP contribution in [0.15, 0.2) is 24.3 Å². The number of piperidine rings is 1. The van der Waals surface area contributed by atoms with E-state index in [0.717, 1.165) is 32.4 Å². The molecule has 6 nitrogen and oxygen atoms in total. The predicted octanol–water partition coefficient (Wildman–Crippen LogP) is 2.00. The van der Waals surface area contributed by atoms with Crippen molar-refractivity contribution in [2.75, 3.05) is 39.3 Å². The van der Waals surface area contributed by atoms with Crippen LogP contribution in [0.25, 0.3) is 0 Å². The summed E-state index contributed by atoms with van der Waals surface area (Å²) in [5.41, 5.74) is 0.212. The van der Waals surface area contributed by atoms with Gasteiger partial charge >= 0.3 is 5.97 Å². The molecular formula is C20H28Cl2FN3O3. The summed E-state index contributed by atoms with van der Waals surface area (Å²) in [7, 11) is 0. The van der Waals surface area contributed by atoms with Gasteiger partial charge in [-0.05, 0) is 32.0 Å². The highest BCUT2D eigenvalue weighted by Crippen LogP contribution is 2.41. The zero-order valence-corrected chi connectivity index (χ0v) is 17.9. The number of nitrogens with one attached hydrogen (secondary N) is 1. The summed E-state index contributed by atoms with van der Waals surface area (Å²) in [6.45, 7) is 4.17. The number of hydrogen-bond acceptors (Lipinski definition) is 5. The first-order chi connectivity index (χ1) is 13.1. The third kappa shape index (κ3) is 5.20. The Hall–Kier alpha value is -1.41. The topological polar surface area (TPSA) is 61.9 Å². The van der Waals surface area contributed by atoms with Gasteiger partial charge in [-0.3, -0.25) is 14.5 Å². The number of benzene rings is 1. The minimum absolute atomic E-state index is 0. The van der Waals surface area contributed by atoms with E-state index < -0.39 is 0 Å². The Morgan fingerprint density at radius 1 is 1.14 bits per heavy atom.